The Bertz CT molecular complexity index is 863. The van der Waals surface area contributed by atoms with Crippen molar-refractivity contribution in [1.29, 1.82) is 0 Å². The molecule has 3 rings (SSSR count). The van der Waals surface area contributed by atoms with Gasteiger partial charge < -0.3 is 4.90 Å². The Morgan fingerprint density at radius 3 is 2.43 bits per heavy atom. The molecule has 2 aromatic rings. The molecular weight excluding hydrogens is 395 g/mol. The van der Waals surface area contributed by atoms with Gasteiger partial charge in [-0.15, -0.1) is 0 Å². The van der Waals surface area contributed by atoms with E-state index in [4.69, 9.17) is 23.2 Å². The molecular formula is C22H24Cl2N2O2. The normalized spacial score (nSPS) is 14.2. The average Bonchev–Trinajstić information content (AvgIpc) is 3.19. The van der Waals surface area contributed by atoms with Gasteiger partial charge >= 0.3 is 0 Å². The Morgan fingerprint density at radius 1 is 1.04 bits per heavy atom. The van der Waals surface area contributed by atoms with Crippen LogP contribution in [0.1, 0.15) is 42.1 Å². The highest BCUT2D eigenvalue weighted by Crippen LogP contribution is 2.29. The number of hydrogen-bond acceptors (Lipinski definition) is 3. The lowest BCUT2D eigenvalue weighted by Crippen LogP contribution is -2.40. The van der Waals surface area contributed by atoms with Gasteiger partial charge in [0.25, 0.3) is 0 Å². The summed E-state index contributed by atoms with van der Waals surface area (Å²) in [5.74, 6) is -0.238. The van der Waals surface area contributed by atoms with Crippen LogP contribution in [0, 0.1) is 0 Å². The maximum atomic E-state index is 13.2. The molecule has 28 heavy (non-hydrogen) atoms. The zero-order valence-electron chi connectivity index (χ0n) is 16.0. The number of hydrogen-bond donors (Lipinski definition) is 0. The molecule has 6 heteroatoms. The number of carbonyl (C=O) groups excluding carboxylic acids is 2. The molecule has 1 amide bonds. The van der Waals surface area contributed by atoms with Crippen LogP contribution in [0.25, 0.3) is 0 Å². The van der Waals surface area contributed by atoms with Gasteiger partial charge in [0.1, 0.15) is 0 Å². The first-order valence-corrected chi connectivity index (χ1v) is 10.4. The molecule has 1 saturated heterocycles. The first-order chi connectivity index (χ1) is 13.5. The average molecular weight is 419 g/mol. The lowest BCUT2D eigenvalue weighted by Gasteiger charge is -2.27. The molecule has 1 heterocycles. The van der Waals surface area contributed by atoms with Gasteiger partial charge in [0, 0.05) is 22.7 Å². The van der Waals surface area contributed by atoms with Crippen LogP contribution >= 0.6 is 23.2 Å². The van der Waals surface area contributed by atoms with Crippen LogP contribution in [0.15, 0.2) is 42.5 Å². The molecule has 0 aromatic heterocycles. The van der Waals surface area contributed by atoms with Gasteiger partial charge in [-0.3, -0.25) is 14.5 Å². The standard InChI is InChI=1S/C22H24Cl2N2O2/c1-2-11-26(21(27)15-25-12-5-6-13-25)20-10-9-16(23)14-18(20)22(28)17-7-3-4-8-19(17)24/h3-4,7-10,14H,2,5-6,11-13,15H2,1H3. The van der Waals surface area contributed by atoms with Gasteiger partial charge in [-0.2, -0.15) is 0 Å². The fourth-order valence-electron chi connectivity index (χ4n) is 3.54. The van der Waals surface area contributed by atoms with E-state index < -0.39 is 0 Å². The third kappa shape index (κ3) is 4.75. The van der Waals surface area contributed by atoms with Gasteiger partial charge in [-0.05, 0) is 62.7 Å². The fourth-order valence-corrected chi connectivity index (χ4v) is 3.93. The highest BCUT2D eigenvalue weighted by atomic mass is 35.5. The van der Waals surface area contributed by atoms with E-state index >= 15 is 0 Å². The number of carbonyl (C=O) groups is 2. The summed E-state index contributed by atoms with van der Waals surface area (Å²) in [5.41, 5.74) is 1.38. The molecule has 0 aliphatic carbocycles. The van der Waals surface area contributed by atoms with Crippen molar-refractivity contribution in [2.45, 2.75) is 26.2 Å². The van der Waals surface area contributed by atoms with Crippen molar-refractivity contribution in [3.05, 3.63) is 63.6 Å². The summed E-state index contributed by atoms with van der Waals surface area (Å²) in [6.07, 6.45) is 3.03. The Kier molecular flexibility index (Phi) is 7.11. The molecule has 0 N–H and O–H groups in total. The van der Waals surface area contributed by atoms with Gasteiger partial charge in [0.15, 0.2) is 5.78 Å². The van der Waals surface area contributed by atoms with E-state index in [0.29, 0.717) is 39.9 Å². The molecule has 2 aromatic carbocycles. The summed E-state index contributed by atoms with van der Waals surface area (Å²) >= 11 is 12.4. The summed E-state index contributed by atoms with van der Waals surface area (Å²) in [4.78, 5) is 30.2. The van der Waals surface area contributed by atoms with E-state index in [2.05, 4.69) is 4.90 Å². The fraction of sp³-hybridized carbons (Fsp3) is 0.364. The lowest BCUT2D eigenvalue weighted by molar-refractivity contribution is -0.119. The van der Waals surface area contributed by atoms with Gasteiger partial charge in [-0.1, -0.05) is 42.3 Å². The molecule has 0 saturated carbocycles. The number of amides is 1. The molecule has 1 aliphatic heterocycles. The number of rotatable bonds is 7. The number of nitrogens with zero attached hydrogens (tertiary/aromatic N) is 2. The largest absolute Gasteiger partial charge is 0.311 e. The first-order valence-electron chi connectivity index (χ1n) is 9.62. The number of likely N-dealkylation sites (tertiary alicyclic amines) is 1. The summed E-state index contributed by atoms with van der Waals surface area (Å²) < 4.78 is 0. The second kappa shape index (κ2) is 9.55. The van der Waals surface area contributed by atoms with Crippen molar-refractivity contribution in [1.82, 2.24) is 4.90 Å². The van der Waals surface area contributed by atoms with Crippen molar-refractivity contribution in [2.24, 2.45) is 0 Å². The molecule has 148 valence electrons. The molecule has 1 fully saturated rings. The Hall–Kier alpha value is -1.88. The summed E-state index contributed by atoms with van der Waals surface area (Å²) in [6.45, 7) is 4.80. The smallest absolute Gasteiger partial charge is 0.241 e. The van der Waals surface area contributed by atoms with Crippen molar-refractivity contribution in [3.63, 3.8) is 0 Å². The summed E-state index contributed by atoms with van der Waals surface area (Å²) in [7, 11) is 0. The predicted octanol–water partition coefficient (Wildman–Crippen LogP) is 5.06. The van der Waals surface area contributed by atoms with Crippen molar-refractivity contribution in [3.8, 4) is 0 Å². The molecule has 4 nitrogen and oxygen atoms in total. The predicted molar refractivity (Wildman–Crippen MR) is 115 cm³/mol. The van der Waals surface area contributed by atoms with E-state index in [0.717, 1.165) is 32.4 Å². The highest BCUT2D eigenvalue weighted by Gasteiger charge is 2.25. The summed E-state index contributed by atoms with van der Waals surface area (Å²) in [5, 5.41) is 0.825. The van der Waals surface area contributed by atoms with Crippen LogP contribution in [-0.4, -0.2) is 42.8 Å². The second-order valence-electron chi connectivity index (χ2n) is 7.00. The second-order valence-corrected chi connectivity index (χ2v) is 7.84. The maximum Gasteiger partial charge on any atom is 0.241 e. The monoisotopic (exact) mass is 418 g/mol. The minimum absolute atomic E-state index is 0.000666. The van der Waals surface area contributed by atoms with Crippen LogP contribution in [0.2, 0.25) is 10.0 Å². The van der Waals surface area contributed by atoms with E-state index in [1.807, 2.05) is 6.92 Å². The molecule has 0 unspecified atom stereocenters. The quantitative estimate of drug-likeness (QED) is 0.589. The van der Waals surface area contributed by atoms with Crippen LogP contribution in [0.3, 0.4) is 0 Å². The lowest BCUT2D eigenvalue weighted by atomic mass is 10.0. The van der Waals surface area contributed by atoms with Crippen molar-refractivity contribution >= 4 is 40.6 Å². The van der Waals surface area contributed by atoms with Crippen LogP contribution < -0.4 is 4.90 Å². The highest BCUT2D eigenvalue weighted by molar-refractivity contribution is 6.36. The van der Waals surface area contributed by atoms with E-state index in [-0.39, 0.29) is 11.7 Å². The van der Waals surface area contributed by atoms with Crippen LogP contribution in [0.5, 0.6) is 0 Å². The third-order valence-corrected chi connectivity index (χ3v) is 5.48. The minimum atomic E-state index is -0.238. The van der Waals surface area contributed by atoms with Crippen LogP contribution in [0.4, 0.5) is 5.69 Å². The van der Waals surface area contributed by atoms with E-state index in [9.17, 15) is 9.59 Å². The number of ketones is 1. The van der Waals surface area contributed by atoms with Crippen molar-refractivity contribution < 1.29 is 9.59 Å². The first kappa shape index (κ1) is 20.8. The minimum Gasteiger partial charge on any atom is -0.311 e. The zero-order chi connectivity index (χ0) is 20.1. The molecule has 1 aliphatic rings. The number of benzene rings is 2. The SMILES string of the molecule is CCCN(C(=O)CN1CCCC1)c1ccc(Cl)cc1C(=O)c1ccccc1Cl. The topological polar surface area (TPSA) is 40.6 Å². The van der Waals surface area contributed by atoms with Gasteiger partial charge in [-0.25, -0.2) is 0 Å². The number of halogens is 2. The molecule has 0 atom stereocenters. The third-order valence-electron chi connectivity index (χ3n) is 4.92. The number of anilines is 1. The van der Waals surface area contributed by atoms with Gasteiger partial charge in [0.2, 0.25) is 5.91 Å². The maximum absolute atomic E-state index is 13.2. The molecule has 0 spiro atoms. The summed E-state index contributed by atoms with van der Waals surface area (Å²) in [6, 6.07) is 12.0. The Balaban J connectivity index is 1.97. The van der Waals surface area contributed by atoms with E-state index in [1.165, 1.54) is 0 Å². The van der Waals surface area contributed by atoms with Crippen LogP contribution in [-0.2, 0) is 4.79 Å². The molecule has 0 bridgehead atoms. The zero-order valence-corrected chi connectivity index (χ0v) is 17.5. The Morgan fingerprint density at radius 2 is 1.75 bits per heavy atom. The van der Waals surface area contributed by atoms with Gasteiger partial charge in [0.05, 0.1) is 17.3 Å². The molecule has 0 radical (unpaired) electrons. The van der Waals surface area contributed by atoms with Crippen molar-refractivity contribution in [2.75, 3.05) is 31.1 Å². The Labute approximate surface area is 176 Å². The van der Waals surface area contributed by atoms with E-state index in [1.54, 1.807) is 47.4 Å².